The molecule has 1 unspecified atom stereocenters. The van der Waals surface area contributed by atoms with E-state index in [0.29, 0.717) is 0 Å². The van der Waals surface area contributed by atoms with E-state index >= 15 is 0 Å². The van der Waals surface area contributed by atoms with Crippen LogP contribution in [0, 0.1) is 0 Å². The zero-order chi connectivity index (χ0) is 17.0. The van der Waals surface area contributed by atoms with E-state index in [1.165, 1.54) is 19.1 Å². The van der Waals surface area contributed by atoms with Gasteiger partial charge in [-0.15, -0.1) is 0 Å². The third kappa shape index (κ3) is 4.45. The maximum absolute atomic E-state index is 13.2. The van der Waals surface area contributed by atoms with Crippen LogP contribution < -0.4 is 0 Å². The number of carbonyl (C=O) groups excluding carboxylic acids is 2. The van der Waals surface area contributed by atoms with E-state index in [4.69, 9.17) is 11.6 Å². The molecule has 1 N–H and O–H groups in total. The summed E-state index contributed by atoms with van der Waals surface area (Å²) in [5.74, 6) is -2.01. The molecule has 0 aliphatic rings. The zero-order valence-electron chi connectivity index (χ0n) is 11.6. The van der Waals surface area contributed by atoms with Crippen molar-refractivity contribution in [2.24, 2.45) is 0 Å². The number of alkyl halides is 3. The third-order valence-corrected chi connectivity index (χ3v) is 3.14. The van der Waals surface area contributed by atoms with Gasteiger partial charge in [-0.1, -0.05) is 23.7 Å². The largest absolute Gasteiger partial charge is 0.466 e. The molecule has 0 aliphatic heterocycles. The summed E-state index contributed by atoms with van der Waals surface area (Å²) >= 11 is 5.59. The molecule has 0 saturated carbocycles. The molecule has 0 fully saturated rings. The SMILES string of the molecule is CCOC(=O)CC(=O)CC(O)(c1ccc(Cl)cc1)C(F)(F)F. The Morgan fingerprint density at radius 3 is 2.23 bits per heavy atom. The van der Waals surface area contributed by atoms with Gasteiger partial charge >= 0.3 is 12.1 Å². The first-order valence-electron chi connectivity index (χ1n) is 6.32. The van der Waals surface area contributed by atoms with Gasteiger partial charge in [-0.2, -0.15) is 13.2 Å². The predicted molar refractivity (Wildman–Crippen MR) is 72.3 cm³/mol. The number of halogens is 4. The maximum atomic E-state index is 13.2. The van der Waals surface area contributed by atoms with Gasteiger partial charge in [0.2, 0.25) is 0 Å². The number of hydrogen-bond donors (Lipinski definition) is 1. The first kappa shape index (κ1) is 18.4. The number of Topliss-reactive ketones (excluding diaryl/α,β-unsaturated/α-hetero) is 1. The van der Waals surface area contributed by atoms with E-state index in [0.717, 1.165) is 12.1 Å². The molecule has 0 amide bonds. The number of ether oxygens (including phenoxy) is 1. The minimum atomic E-state index is -5.09. The lowest BCUT2D eigenvalue weighted by Gasteiger charge is -2.30. The van der Waals surface area contributed by atoms with Gasteiger partial charge in [-0.3, -0.25) is 9.59 Å². The Hall–Kier alpha value is -1.60. The summed E-state index contributed by atoms with van der Waals surface area (Å²) in [6.45, 7) is 1.51. The van der Waals surface area contributed by atoms with E-state index < -0.39 is 41.9 Å². The second-order valence-electron chi connectivity index (χ2n) is 4.56. The van der Waals surface area contributed by atoms with Crippen LogP contribution in [0.5, 0.6) is 0 Å². The van der Waals surface area contributed by atoms with Gasteiger partial charge in [0, 0.05) is 11.4 Å². The summed E-state index contributed by atoms with van der Waals surface area (Å²) in [4.78, 5) is 22.8. The lowest BCUT2D eigenvalue weighted by molar-refractivity contribution is -0.267. The van der Waals surface area contributed by atoms with Gasteiger partial charge in [-0.05, 0) is 24.6 Å². The highest BCUT2D eigenvalue weighted by Crippen LogP contribution is 2.42. The molecule has 1 rings (SSSR count). The van der Waals surface area contributed by atoms with Gasteiger partial charge in [0.1, 0.15) is 12.2 Å². The Morgan fingerprint density at radius 1 is 1.23 bits per heavy atom. The first-order chi connectivity index (χ1) is 10.1. The van der Waals surface area contributed by atoms with Crippen molar-refractivity contribution in [3.05, 3.63) is 34.9 Å². The van der Waals surface area contributed by atoms with Crippen molar-refractivity contribution in [3.8, 4) is 0 Å². The van der Waals surface area contributed by atoms with Crippen molar-refractivity contribution >= 4 is 23.4 Å². The van der Waals surface area contributed by atoms with Crippen LogP contribution >= 0.6 is 11.6 Å². The van der Waals surface area contributed by atoms with Crippen LogP contribution in [0.3, 0.4) is 0 Å². The highest BCUT2D eigenvalue weighted by Gasteiger charge is 2.55. The molecule has 8 heteroatoms. The van der Waals surface area contributed by atoms with Crippen molar-refractivity contribution in [2.75, 3.05) is 6.61 Å². The van der Waals surface area contributed by atoms with Crippen LogP contribution in [0.2, 0.25) is 5.02 Å². The molecular weight excluding hydrogens is 325 g/mol. The van der Waals surface area contributed by atoms with Crippen molar-refractivity contribution in [2.45, 2.75) is 31.5 Å². The highest BCUT2D eigenvalue weighted by molar-refractivity contribution is 6.30. The minimum Gasteiger partial charge on any atom is -0.466 e. The summed E-state index contributed by atoms with van der Waals surface area (Å²) in [6.07, 6.45) is -7.21. The number of esters is 1. The van der Waals surface area contributed by atoms with E-state index in [2.05, 4.69) is 4.74 Å². The molecule has 0 bridgehead atoms. The summed E-state index contributed by atoms with van der Waals surface area (Å²) in [5.41, 5.74) is -3.91. The van der Waals surface area contributed by atoms with E-state index in [1.54, 1.807) is 0 Å². The van der Waals surface area contributed by atoms with Crippen LogP contribution in [-0.4, -0.2) is 29.6 Å². The lowest BCUT2D eigenvalue weighted by atomic mass is 9.87. The van der Waals surface area contributed by atoms with Crippen molar-refractivity contribution in [1.82, 2.24) is 0 Å². The van der Waals surface area contributed by atoms with Crippen LogP contribution in [0.25, 0.3) is 0 Å². The predicted octanol–water partition coefficient (Wildman–Crippen LogP) is 3.00. The summed E-state index contributed by atoms with van der Waals surface area (Å²) < 4.78 is 44.0. The average molecular weight is 339 g/mol. The van der Waals surface area contributed by atoms with Crippen molar-refractivity contribution in [3.63, 3.8) is 0 Å². The second-order valence-corrected chi connectivity index (χ2v) is 5.00. The number of benzene rings is 1. The van der Waals surface area contributed by atoms with Crippen molar-refractivity contribution in [1.29, 1.82) is 0 Å². The molecule has 0 heterocycles. The molecule has 1 atom stereocenters. The van der Waals surface area contributed by atoms with Gasteiger partial charge in [-0.25, -0.2) is 0 Å². The summed E-state index contributed by atoms with van der Waals surface area (Å²) in [5, 5.41) is 10.2. The lowest BCUT2D eigenvalue weighted by Crippen LogP contribution is -2.44. The standard InChI is InChI=1S/C14H14ClF3O4/c1-2-22-12(20)7-11(19)8-13(21,14(16,17)18)9-3-5-10(15)6-4-9/h3-6,21H,2,7-8H2,1H3. The molecule has 0 spiro atoms. The molecule has 0 aliphatic carbocycles. The second kappa shape index (κ2) is 7.11. The topological polar surface area (TPSA) is 63.6 Å². The number of aliphatic hydroxyl groups is 1. The van der Waals surface area contributed by atoms with Crippen LogP contribution in [-0.2, 0) is 19.9 Å². The van der Waals surface area contributed by atoms with E-state index in [-0.39, 0.29) is 11.6 Å². The normalized spacial score (nSPS) is 14.3. The fourth-order valence-electron chi connectivity index (χ4n) is 1.81. The van der Waals surface area contributed by atoms with Crippen molar-refractivity contribution < 1.29 is 32.6 Å². The third-order valence-electron chi connectivity index (χ3n) is 2.89. The first-order valence-corrected chi connectivity index (χ1v) is 6.70. The molecular formula is C14H14ClF3O4. The summed E-state index contributed by atoms with van der Waals surface area (Å²) in [6, 6.07) is 4.30. The Bertz CT molecular complexity index is 542. The molecule has 0 radical (unpaired) electrons. The quantitative estimate of drug-likeness (QED) is 0.639. The Kier molecular flexibility index (Phi) is 5.96. The number of carbonyl (C=O) groups is 2. The van der Waals surface area contributed by atoms with Gasteiger partial charge < -0.3 is 9.84 Å². The fourth-order valence-corrected chi connectivity index (χ4v) is 1.94. The van der Waals surface area contributed by atoms with Gasteiger partial charge in [0.05, 0.1) is 6.61 Å². The van der Waals surface area contributed by atoms with Crippen LogP contribution in [0.15, 0.2) is 24.3 Å². The molecule has 1 aromatic carbocycles. The Labute approximate surface area is 129 Å². The summed E-state index contributed by atoms with van der Waals surface area (Å²) in [7, 11) is 0. The molecule has 122 valence electrons. The Balaban J connectivity index is 3.01. The number of hydrogen-bond acceptors (Lipinski definition) is 4. The van der Waals surface area contributed by atoms with Crippen LogP contribution in [0.1, 0.15) is 25.3 Å². The monoisotopic (exact) mass is 338 g/mol. The molecule has 1 aromatic rings. The van der Waals surface area contributed by atoms with Crippen LogP contribution in [0.4, 0.5) is 13.2 Å². The number of ketones is 1. The molecule has 0 saturated heterocycles. The molecule has 22 heavy (non-hydrogen) atoms. The average Bonchev–Trinajstić information content (AvgIpc) is 2.37. The smallest absolute Gasteiger partial charge is 0.421 e. The highest BCUT2D eigenvalue weighted by atomic mass is 35.5. The molecule has 0 aromatic heterocycles. The maximum Gasteiger partial charge on any atom is 0.421 e. The van der Waals surface area contributed by atoms with E-state index in [9.17, 15) is 27.9 Å². The van der Waals surface area contributed by atoms with E-state index in [1.807, 2.05) is 0 Å². The van der Waals surface area contributed by atoms with Gasteiger partial charge in [0.15, 0.2) is 5.60 Å². The molecule has 4 nitrogen and oxygen atoms in total. The fraction of sp³-hybridized carbons (Fsp3) is 0.429. The minimum absolute atomic E-state index is 0.00678. The van der Waals surface area contributed by atoms with Gasteiger partial charge in [0.25, 0.3) is 0 Å². The zero-order valence-corrected chi connectivity index (χ0v) is 12.4. The number of rotatable bonds is 6. The Morgan fingerprint density at radius 2 is 1.77 bits per heavy atom.